The molecule has 1 saturated carbocycles. The van der Waals surface area contributed by atoms with E-state index in [0.717, 1.165) is 31.0 Å². The minimum Gasteiger partial charge on any atom is -0.393 e. The number of hydrogen-bond donors (Lipinski definition) is 2. The molecule has 94 valence electrons. The van der Waals surface area contributed by atoms with Crippen molar-refractivity contribution in [1.82, 2.24) is 5.32 Å². The van der Waals surface area contributed by atoms with E-state index in [1.165, 1.54) is 18.4 Å². The molecule has 0 heterocycles. The Morgan fingerprint density at radius 3 is 2.88 bits per heavy atom. The average molecular weight is 254 g/mol. The molecule has 0 aromatic heterocycles. The highest BCUT2D eigenvalue weighted by atomic mass is 35.5. The molecular weight excluding hydrogens is 234 g/mol. The summed E-state index contributed by atoms with van der Waals surface area (Å²) in [5.74, 6) is 0.419. The molecule has 3 heteroatoms. The first-order valence-corrected chi connectivity index (χ1v) is 6.77. The van der Waals surface area contributed by atoms with Gasteiger partial charge in [0.15, 0.2) is 0 Å². The topological polar surface area (TPSA) is 32.3 Å². The van der Waals surface area contributed by atoms with Gasteiger partial charge in [-0.15, -0.1) is 0 Å². The Hall–Kier alpha value is -0.570. The maximum absolute atomic E-state index is 9.85. The SMILES string of the molecule is OC1CCCCC1CNCc1cccc(Cl)c1. The van der Waals surface area contributed by atoms with Gasteiger partial charge in [-0.25, -0.2) is 0 Å². The van der Waals surface area contributed by atoms with Crippen molar-refractivity contribution in [3.05, 3.63) is 34.9 Å². The molecule has 17 heavy (non-hydrogen) atoms. The van der Waals surface area contributed by atoms with Gasteiger partial charge < -0.3 is 10.4 Å². The third-order valence-electron chi connectivity index (χ3n) is 3.49. The lowest BCUT2D eigenvalue weighted by molar-refractivity contribution is 0.0695. The predicted octanol–water partition coefficient (Wildman–Crippen LogP) is 2.98. The molecule has 0 radical (unpaired) electrons. The molecule has 1 aliphatic carbocycles. The second-order valence-corrected chi connectivity index (χ2v) is 5.31. The first kappa shape index (κ1) is 12.9. The molecule has 1 aliphatic rings. The highest BCUT2D eigenvalue weighted by Gasteiger charge is 2.22. The van der Waals surface area contributed by atoms with Crippen molar-refractivity contribution >= 4 is 11.6 Å². The fourth-order valence-electron chi connectivity index (χ4n) is 2.48. The van der Waals surface area contributed by atoms with Crippen LogP contribution in [-0.2, 0) is 6.54 Å². The summed E-state index contributed by atoms with van der Waals surface area (Å²) in [6.45, 7) is 1.72. The molecular formula is C14H20ClNO. The summed E-state index contributed by atoms with van der Waals surface area (Å²) in [6, 6.07) is 7.90. The summed E-state index contributed by atoms with van der Waals surface area (Å²) < 4.78 is 0. The molecule has 1 aromatic carbocycles. The van der Waals surface area contributed by atoms with Crippen LogP contribution in [0.2, 0.25) is 5.02 Å². The van der Waals surface area contributed by atoms with Crippen LogP contribution in [-0.4, -0.2) is 17.8 Å². The number of benzene rings is 1. The van der Waals surface area contributed by atoms with E-state index in [9.17, 15) is 5.11 Å². The first-order chi connectivity index (χ1) is 8.25. The van der Waals surface area contributed by atoms with Crippen molar-refractivity contribution in [3.8, 4) is 0 Å². The van der Waals surface area contributed by atoms with E-state index in [-0.39, 0.29) is 6.10 Å². The van der Waals surface area contributed by atoms with Crippen molar-refractivity contribution in [2.75, 3.05) is 6.54 Å². The van der Waals surface area contributed by atoms with Gasteiger partial charge in [0.2, 0.25) is 0 Å². The Balaban J connectivity index is 1.75. The summed E-state index contributed by atoms with van der Waals surface area (Å²) >= 11 is 5.93. The number of aliphatic hydroxyl groups excluding tert-OH is 1. The van der Waals surface area contributed by atoms with Gasteiger partial charge in [0.25, 0.3) is 0 Å². The van der Waals surface area contributed by atoms with Gasteiger partial charge in [-0.1, -0.05) is 36.6 Å². The lowest BCUT2D eigenvalue weighted by Crippen LogP contribution is -2.33. The lowest BCUT2D eigenvalue weighted by atomic mass is 9.86. The van der Waals surface area contributed by atoms with Crippen LogP contribution >= 0.6 is 11.6 Å². The highest BCUT2D eigenvalue weighted by molar-refractivity contribution is 6.30. The van der Waals surface area contributed by atoms with Crippen LogP contribution < -0.4 is 5.32 Å². The Morgan fingerprint density at radius 1 is 1.29 bits per heavy atom. The van der Waals surface area contributed by atoms with Gasteiger partial charge in [-0.2, -0.15) is 0 Å². The first-order valence-electron chi connectivity index (χ1n) is 6.39. The summed E-state index contributed by atoms with van der Waals surface area (Å²) in [6.07, 6.45) is 4.41. The molecule has 0 bridgehead atoms. The highest BCUT2D eigenvalue weighted by Crippen LogP contribution is 2.23. The number of rotatable bonds is 4. The van der Waals surface area contributed by atoms with E-state index in [4.69, 9.17) is 11.6 Å². The zero-order valence-electron chi connectivity index (χ0n) is 10.0. The van der Waals surface area contributed by atoms with Crippen molar-refractivity contribution in [3.63, 3.8) is 0 Å². The molecule has 1 fully saturated rings. The van der Waals surface area contributed by atoms with Crippen LogP contribution in [0, 0.1) is 5.92 Å². The molecule has 0 amide bonds. The molecule has 2 atom stereocenters. The Morgan fingerprint density at radius 2 is 2.12 bits per heavy atom. The number of aliphatic hydroxyl groups is 1. The van der Waals surface area contributed by atoms with E-state index in [1.54, 1.807) is 0 Å². The van der Waals surface area contributed by atoms with E-state index in [2.05, 4.69) is 11.4 Å². The van der Waals surface area contributed by atoms with Crippen molar-refractivity contribution < 1.29 is 5.11 Å². The van der Waals surface area contributed by atoms with Crippen molar-refractivity contribution in [1.29, 1.82) is 0 Å². The minimum atomic E-state index is -0.115. The molecule has 0 spiro atoms. The van der Waals surface area contributed by atoms with Crippen LogP contribution in [0.25, 0.3) is 0 Å². The molecule has 0 saturated heterocycles. The predicted molar refractivity (Wildman–Crippen MR) is 71.1 cm³/mol. The average Bonchev–Trinajstić information content (AvgIpc) is 2.32. The Labute approximate surface area is 108 Å². The van der Waals surface area contributed by atoms with Crippen LogP contribution in [0.3, 0.4) is 0 Å². The molecule has 2 nitrogen and oxygen atoms in total. The van der Waals surface area contributed by atoms with Gasteiger partial charge in [0.1, 0.15) is 0 Å². The Bertz CT molecular complexity index is 356. The second kappa shape index (κ2) is 6.39. The van der Waals surface area contributed by atoms with Crippen molar-refractivity contribution in [2.24, 2.45) is 5.92 Å². The van der Waals surface area contributed by atoms with Gasteiger partial charge in [-0.3, -0.25) is 0 Å². The van der Waals surface area contributed by atoms with Crippen LogP contribution in [0.15, 0.2) is 24.3 Å². The number of nitrogens with one attached hydrogen (secondary N) is 1. The largest absolute Gasteiger partial charge is 0.393 e. The molecule has 2 rings (SSSR count). The molecule has 0 aliphatic heterocycles. The molecule has 1 aromatic rings. The fourth-order valence-corrected chi connectivity index (χ4v) is 2.69. The van der Waals surface area contributed by atoms with Crippen LogP contribution in [0.1, 0.15) is 31.2 Å². The number of hydrogen-bond acceptors (Lipinski definition) is 2. The number of halogens is 1. The van der Waals surface area contributed by atoms with Gasteiger partial charge in [-0.05, 0) is 36.5 Å². The zero-order chi connectivity index (χ0) is 12.1. The summed E-state index contributed by atoms with van der Waals surface area (Å²) in [5, 5.41) is 14.0. The van der Waals surface area contributed by atoms with Gasteiger partial charge >= 0.3 is 0 Å². The van der Waals surface area contributed by atoms with Crippen molar-refractivity contribution in [2.45, 2.75) is 38.3 Å². The lowest BCUT2D eigenvalue weighted by Gasteiger charge is -2.27. The fraction of sp³-hybridized carbons (Fsp3) is 0.571. The minimum absolute atomic E-state index is 0.115. The standard InChI is InChI=1S/C14H20ClNO/c15-13-6-3-4-11(8-13)9-16-10-12-5-1-2-7-14(12)17/h3-4,6,8,12,14,16-17H,1-2,5,7,9-10H2. The van der Waals surface area contributed by atoms with E-state index in [0.29, 0.717) is 5.92 Å². The molecule has 2 unspecified atom stereocenters. The Kier molecular flexibility index (Phi) is 4.84. The third-order valence-corrected chi connectivity index (χ3v) is 3.73. The maximum atomic E-state index is 9.85. The maximum Gasteiger partial charge on any atom is 0.0580 e. The normalized spacial score (nSPS) is 24.8. The quantitative estimate of drug-likeness (QED) is 0.865. The smallest absolute Gasteiger partial charge is 0.0580 e. The second-order valence-electron chi connectivity index (χ2n) is 4.87. The summed E-state index contributed by atoms with van der Waals surface area (Å²) in [4.78, 5) is 0. The van der Waals surface area contributed by atoms with Gasteiger partial charge in [0, 0.05) is 18.1 Å². The van der Waals surface area contributed by atoms with E-state index >= 15 is 0 Å². The zero-order valence-corrected chi connectivity index (χ0v) is 10.8. The van der Waals surface area contributed by atoms with E-state index in [1.807, 2.05) is 18.2 Å². The van der Waals surface area contributed by atoms with Gasteiger partial charge in [0.05, 0.1) is 6.10 Å². The summed E-state index contributed by atoms with van der Waals surface area (Å²) in [7, 11) is 0. The third kappa shape index (κ3) is 3.98. The summed E-state index contributed by atoms with van der Waals surface area (Å²) in [5.41, 5.74) is 1.20. The molecule has 2 N–H and O–H groups in total. The van der Waals surface area contributed by atoms with Crippen LogP contribution in [0.5, 0.6) is 0 Å². The van der Waals surface area contributed by atoms with E-state index < -0.39 is 0 Å². The monoisotopic (exact) mass is 253 g/mol. The van der Waals surface area contributed by atoms with Crippen LogP contribution in [0.4, 0.5) is 0 Å².